The average Bonchev–Trinajstić information content (AvgIpc) is 3.73. The molecule has 1 heterocycles. The first-order valence-corrected chi connectivity index (χ1v) is 20.6. The van der Waals surface area contributed by atoms with Crippen LogP contribution in [0.4, 0.5) is 17.1 Å². The fourth-order valence-corrected chi connectivity index (χ4v) is 8.74. The molecule has 0 spiro atoms. The maximum Gasteiger partial charge on any atom is 0.0540 e. The van der Waals surface area contributed by atoms with Crippen molar-refractivity contribution in [2.45, 2.75) is 0 Å². The SMILES string of the molecule is c1ccc(-c2ccc(N(c3ccc(-c4ccc(-c5ccc(-n6c(-c7ccccc7)cc7ccccc76)cc5)cc4)cc3)c3ccc4c(ccc5ccccc54)c3)cc2)cc1. The van der Waals surface area contributed by atoms with E-state index in [4.69, 9.17) is 0 Å². The van der Waals surface area contributed by atoms with Crippen LogP contribution in [0.1, 0.15) is 0 Å². The van der Waals surface area contributed by atoms with Crippen molar-refractivity contribution >= 4 is 49.5 Å². The molecule has 10 aromatic carbocycles. The van der Waals surface area contributed by atoms with Gasteiger partial charge in [-0.15, -0.1) is 0 Å². The van der Waals surface area contributed by atoms with Gasteiger partial charge >= 0.3 is 0 Å². The largest absolute Gasteiger partial charge is 0.310 e. The van der Waals surface area contributed by atoms with Crippen molar-refractivity contribution < 1.29 is 0 Å². The molecule has 0 saturated carbocycles. The van der Waals surface area contributed by atoms with Crippen molar-refractivity contribution in [1.29, 1.82) is 0 Å². The molecule has 11 aromatic rings. The quantitative estimate of drug-likeness (QED) is 0.140. The van der Waals surface area contributed by atoms with Crippen LogP contribution < -0.4 is 4.90 Å². The van der Waals surface area contributed by atoms with Crippen LogP contribution in [-0.2, 0) is 0 Å². The third-order valence-electron chi connectivity index (χ3n) is 11.8. The third kappa shape index (κ3) is 6.51. The Morgan fingerprint density at radius 1 is 0.267 bits per heavy atom. The van der Waals surface area contributed by atoms with Crippen molar-refractivity contribution in [3.8, 4) is 50.3 Å². The van der Waals surface area contributed by atoms with Gasteiger partial charge in [-0.25, -0.2) is 0 Å². The molecule has 0 atom stereocenters. The number of fused-ring (bicyclic) bond motifs is 4. The van der Waals surface area contributed by atoms with Crippen LogP contribution in [0.25, 0.3) is 82.8 Å². The Balaban J connectivity index is 0.894. The first-order chi connectivity index (χ1) is 29.7. The predicted molar refractivity (Wildman–Crippen MR) is 255 cm³/mol. The minimum atomic E-state index is 1.11. The van der Waals surface area contributed by atoms with Gasteiger partial charge in [0.2, 0.25) is 0 Å². The molecule has 0 N–H and O–H groups in total. The van der Waals surface area contributed by atoms with E-state index in [9.17, 15) is 0 Å². The third-order valence-corrected chi connectivity index (χ3v) is 11.8. The van der Waals surface area contributed by atoms with E-state index in [1.54, 1.807) is 0 Å². The molecule has 0 amide bonds. The maximum absolute atomic E-state index is 2.36. The van der Waals surface area contributed by atoms with Gasteiger partial charge < -0.3 is 9.47 Å². The highest BCUT2D eigenvalue weighted by molar-refractivity contribution is 6.08. The molecule has 2 nitrogen and oxygen atoms in total. The van der Waals surface area contributed by atoms with Crippen molar-refractivity contribution in [1.82, 2.24) is 4.57 Å². The molecule has 0 aliphatic carbocycles. The Bertz CT molecular complexity index is 3250. The Kier molecular flexibility index (Phi) is 8.87. The number of rotatable bonds is 8. The highest BCUT2D eigenvalue weighted by Crippen LogP contribution is 2.40. The summed E-state index contributed by atoms with van der Waals surface area (Å²) >= 11 is 0. The fraction of sp³-hybridized carbons (Fsp3) is 0. The summed E-state index contributed by atoms with van der Waals surface area (Å²) in [6.07, 6.45) is 0. The number of hydrogen-bond acceptors (Lipinski definition) is 1. The van der Waals surface area contributed by atoms with Crippen molar-refractivity contribution in [3.05, 3.63) is 243 Å². The molecule has 1 aromatic heterocycles. The van der Waals surface area contributed by atoms with E-state index in [0.717, 1.165) is 22.7 Å². The Morgan fingerprint density at radius 3 is 1.32 bits per heavy atom. The Hall–Kier alpha value is -7.94. The minimum absolute atomic E-state index is 1.11. The van der Waals surface area contributed by atoms with Gasteiger partial charge in [-0.3, -0.25) is 0 Å². The summed E-state index contributed by atoms with van der Waals surface area (Å²) < 4.78 is 2.36. The average molecular weight is 765 g/mol. The van der Waals surface area contributed by atoms with Gasteiger partial charge in [0.1, 0.15) is 0 Å². The zero-order chi connectivity index (χ0) is 39.8. The first kappa shape index (κ1) is 35.2. The molecular formula is C58H40N2. The lowest BCUT2D eigenvalue weighted by atomic mass is 9.99. The number of aromatic nitrogens is 1. The minimum Gasteiger partial charge on any atom is -0.310 e. The van der Waals surface area contributed by atoms with Crippen LogP contribution in [0.5, 0.6) is 0 Å². The summed E-state index contributed by atoms with van der Waals surface area (Å²) in [7, 11) is 0. The van der Waals surface area contributed by atoms with E-state index >= 15 is 0 Å². The molecule has 282 valence electrons. The maximum atomic E-state index is 2.36. The molecule has 0 radical (unpaired) electrons. The summed E-state index contributed by atoms with van der Waals surface area (Å²) in [5.74, 6) is 0. The molecular weight excluding hydrogens is 725 g/mol. The highest BCUT2D eigenvalue weighted by atomic mass is 15.1. The number of anilines is 3. The standard InChI is InChI=1S/C58H40N2/c1-3-11-41(12-4-1)44-25-31-51(32-26-44)59(54-37-38-56-49(39-54)24-23-47-13-7-9-17-55(47)56)52-33-27-45(28-34-52)42-19-21-43(22-20-42)46-29-35-53(36-30-46)60-57-18-10-8-16-50(57)40-58(60)48-14-5-2-6-15-48/h1-40H. The number of benzene rings is 10. The monoisotopic (exact) mass is 764 g/mol. The Morgan fingerprint density at radius 2 is 0.700 bits per heavy atom. The van der Waals surface area contributed by atoms with Gasteiger partial charge in [-0.05, 0) is 121 Å². The molecule has 11 rings (SSSR count). The van der Waals surface area contributed by atoms with E-state index in [-0.39, 0.29) is 0 Å². The second kappa shape index (κ2) is 15.1. The van der Waals surface area contributed by atoms with Gasteiger partial charge in [0.25, 0.3) is 0 Å². The molecule has 0 saturated heterocycles. The normalized spacial score (nSPS) is 11.3. The predicted octanol–water partition coefficient (Wildman–Crippen LogP) is 16.1. The number of hydrogen-bond donors (Lipinski definition) is 0. The topological polar surface area (TPSA) is 8.17 Å². The molecule has 0 aliphatic heterocycles. The first-order valence-electron chi connectivity index (χ1n) is 20.6. The number of nitrogens with zero attached hydrogens (tertiary/aromatic N) is 2. The molecule has 0 bridgehead atoms. The summed E-state index contributed by atoms with van der Waals surface area (Å²) in [6.45, 7) is 0. The zero-order valence-corrected chi connectivity index (χ0v) is 33.0. The second-order valence-corrected chi connectivity index (χ2v) is 15.4. The van der Waals surface area contributed by atoms with Crippen LogP contribution in [0.3, 0.4) is 0 Å². The van der Waals surface area contributed by atoms with Crippen LogP contribution in [0.2, 0.25) is 0 Å². The highest BCUT2D eigenvalue weighted by Gasteiger charge is 2.16. The van der Waals surface area contributed by atoms with Crippen molar-refractivity contribution in [2.24, 2.45) is 0 Å². The van der Waals surface area contributed by atoms with Gasteiger partial charge in [0.15, 0.2) is 0 Å². The summed E-state index contributed by atoms with van der Waals surface area (Å²) in [5, 5.41) is 6.25. The van der Waals surface area contributed by atoms with E-state index in [1.165, 1.54) is 77.1 Å². The second-order valence-electron chi connectivity index (χ2n) is 15.4. The summed E-state index contributed by atoms with van der Waals surface area (Å²) in [4.78, 5) is 2.36. The van der Waals surface area contributed by atoms with Gasteiger partial charge in [0.05, 0.1) is 11.2 Å². The van der Waals surface area contributed by atoms with E-state index in [1.807, 2.05) is 0 Å². The zero-order valence-electron chi connectivity index (χ0n) is 33.0. The lowest BCUT2D eigenvalue weighted by Crippen LogP contribution is -2.09. The fourth-order valence-electron chi connectivity index (χ4n) is 8.74. The summed E-state index contributed by atoms with van der Waals surface area (Å²) in [6, 6.07) is 87.8. The lowest BCUT2D eigenvalue weighted by molar-refractivity contribution is 1.13. The molecule has 0 unspecified atom stereocenters. The molecule has 60 heavy (non-hydrogen) atoms. The van der Waals surface area contributed by atoms with Gasteiger partial charge in [0, 0.05) is 28.1 Å². The van der Waals surface area contributed by atoms with E-state index in [2.05, 4.69) is 252 Å². The molecule has 0 fully saturated rings. The van der Waals surface area contributed by atoms with Crippen molar-refractivity contribution in [2.75, 3.05) is 4.90 Å². The Labute approximate surface area is 350 Å². The van der Waals surface area contributed by atoms with Gasteiger partial charge in [-0.1, -0.05) is 182 Å². The van der Waals surface area contributed by atoms with Crippen LogP contribution >= 0.6 is 0 Å². The van der Waals surface area contributed by atoms with E-state index in [0.29, 0.717) is 0 Å². The molecule has 0 aliphatic rings. The lowest BCUT2D eigenvalue weighted by Gasteiger charge is -2.26. The van der Waals surface area contributed by atoms with Gasteiger partial charge in [-0.2, -0.15) is 0 Å². The van der Waals surface area contributed by atoms with Crippen molar-refractivity contribution in [3.63, 3.8) is 0 Å². The van der Waals surface area contributed by atoms with Crippen LogP contribution in [0.15, 0.2) is 243 Å². The smallest absolute Gasteiger partial charge is 0.0540 e. The molecule has 2 heteroatoms. The van der Waals surface area contributed by atoms with Crippen LogP contribution in [0, 0.1) is 0 Å². The summed E-state index contributed by atoms with van der Waals surface area (Å²) in [5.41, 5.74) is 15.2. The number of para-hydroxylation sites is 1. The van der Waals surface area contributed by atoms with Crippen LogP contribution in [-0.4, -0.2) is 4.57 Å². The van der Waals surface area contributed by atoms with E-state index < -0.39 is 0 Å².